The summed E-state index contributed by atoms with van der Waals surface area (Å²) in [6.45, 7) is 6.69. The molecule has 1 aliphatic rings. The minimum atomic E-state index is -1.29. The van der Waals surface area contributed by atoms with Crippen molar-refractivity contribution in [3.05, 3.63) is 0 Å². The molecular formula is C11H22ClFN2O2. The lowest BCUT2D eigenvalue weighted by molar-refractivity contribution is 0.0446. The Morgan fingerprint density at radius 1 is 1.41 bits per heavy atom. The molecule has 0 bridgehead atoms. The molecule has 1 heterocycles. The summed E-state index contributed by atoms with van der Waals surface area (Å²) in [6.07, 6.45) is 0.314. The molecule has 1 amide bonds. The summed E-state index contributed by atoms with van der Waals surface area (Å²) >= 11 is 0. The van der Waals surface area contributed by atoms with Gasteiger partial charge in [-0.1, -0.05) is 0 Å². The Kier molecular flexibility index (Phi) is 6.19. The van der Waals surface area contributed by atoms with Crippen molar-refractivity contribution in [2.45, 2.75) is 44.9 Å². The Hall–Kier alpha value is -0.550. The molecule has 0 aromatic rings. The number of piperidine rings is 1. The molecule has 0 aromatic carbocycles. The van der Waals surface area contributed by atoms with Crippen LogP contribution in [0.5, 0.6) is 0 Å². The number of hydrogen-bond acceptors (Lipinski definition) is 3. The number of alkyl halides is 1. The molecule has 0 spiro atoms. The van der Waals surface area contributed by atoms with Crippen LogP contribution in [0.2, 0.25) is 0 Å². The lowest BCUT2D eigenvalue weighted by Gasteiger charge is -2.30. The molecule has 102 valence electrons. The zero-order chi connectivity index (χ0) is 12.2. The fourth-order valence-corrected chi connectivity index (χ4v) is 1.60. The zero-order valence-corrected chi connectivity index (χ0v) is 11.5. The lowest BCUT2D eigenvalue weighted by Crippen LogP contribution is -2.47. The van der Waals surface area contributed by atoms with Crippen molar-refractivity contribution in [3.8, 4) is 0 Å². The van der Waals surface area contributed by atoms with Gasteiger partial charge in [0.1, 0.15) is 11.3 Å². The smallest absolute Gasteiger partial charge is 0.407 e. The van der Waals surface area contributed by atoms with Gasteiger partial charge in [-0.05, 0) is 46.7 Å². The monoisotopic (exact) mass is 268 g/mol. The summed E-state index contributed by atoms with van der Waals surface area (Å²) in [5, 5.41) is 5.57. The highest BCUT2D eigenvalue weighted by molar-refractivity contribution is 5.85. The Bertz CT molecular complexity index is 250. The van der Waals surface area contributed by atoms with E-state index >= 15 is 0 Å². The fraction of sp³-hybridized carbons (Fsp3) is 0.909. The minimum Gasteiger partial charge on any atom is -0.444 e. The van der Waals surface area contributed by atoms with E-state index in [1.54, 1.807) is 20.8 Å². The Labute approximate surface area is 108 Å². The van der Waals surface area contributed by atoms with Crippen LogP contribution in [0.1, 0.15) is 33.6 Å². The van der Waals surface area contributed by atoms with Gasteiger partial charge in [-0.15, -0.1) is 12.4 Å². The molecular weight excluding hydrogens is 247 g/mol. The van der Waals surface area contributed by atoms with Gasteiger partial charge in [-0.3, -0.25) is 0 Å². The molecule has 4 nitrogen and oxygen atoms in total. The Morgan fingerprint density at radius 2 is 1.94 bits per heavy atom. The van der Waals surface area contributed by atoms with Crippen LogP contribution in [0.4, 0.5) is 9.18 Å². The van der Waals surface area contributed by atoms with Crippen LogP contribution < -0.4 is 10.6 Å². The molecule has 1 aliphatic heterocycles. The molecule has 0 unspecified atom stereocenters. The van der Waals surface area contributed by atoms with Crippen molar-refractivity contribution < 1.29 is 13.9 Å². The van der Waals surface area contributed by atoms with Gasteiger partial charge in [0.05, 0.1) is 6.54 Å². The van der Waals surface area contributed by atoms with Crippen LogP contribution >= 0.6 is 12.4 Å². The highest BCUT2D eigenvalue weighted by Gasteiger charge is 2.32. The topological polar surface area (TPSA) is 50.4 Å². The van der Waals surface area contributed by atoms with Gasteiger partial charge in [0.15, 0.2) is 0 Å². The number of rotatable bonds is 2. The van der Waals surface area contributed by atoms with E-state index in [9.17, 15) is 9.18 Å². The van der Waals surface area contributed by atoms with Crippen molar-refractivity contribution in [2.24, 2.45) is 0 Å². The summed E-state index contributed by atoms with van der Waals surface area (Å²) in [5.74, 6) is 0. The summed E-state index contributed by atoms with van der Waals surface area (Å²) in [4.78, 5) is 11.3. The largest absolute Gasteiger partial charge is 0.444 e. The van der Waals surface area contributed by atoms with Crippen molar-refractivity contribution in [1.82, 2.24) is 10.6 Å². The van der Waals surface area contributed by atoms with E-state index in [0.717, 1.165) is 0 Å². The molecule has 0 atom stereocenters. The number of nitrogens with one attached hydrogen (secondary N) is 2. The highest BCUT2D eigenvalue weighted by Crippen LogP contribution is 2.22. The maximum absolute atomic E-state index is 14.1. The van der Waals surface area contributed by atoms with Crippen LogP contribution in [0.25, 0.3) is 0 Å². The zero-order valence-electron chi connectivity index (χ0n) is 10.6. The Morgan fingerprint density at radius 3 is 2.41 bits per heavy atom. The third-order valence-corrected chi connectivity index (χ3v) is 2.45. The molecule has 0 aromatic heterocycles. The summed E-state index contributed by atoms with van der Waals surface area (Å²) in [5.41, 5.74) is -1.83. The third-order valence-electron chi connectivity index (χ3n) is 2.45. The van der Waals surface area contributed by atoms with Crippen LogP contribution in [0.15, 0.2) is 0 Å². The van der Waals surface area contributed by atoms with Gasteiger partial charge in [-0.2, -0.15) is 0 Å². The first-order valence-electron chi connectivity index (χ1n) is 5.67. The maximum atomic E-state index is 14.1. The summed E-state index contributed by atoms with van der Waals surface area (Å²) in [6, 6.07) is 0. The minimum absolute atomic E-state index is 0. The fourth-order valence-electron chi connectivity index (χ4n) is 1.60. The first kappa shape index (κ1) is 16.4. The molecule has 6 heteroatoms. The van der Waals surface area contributed by atoms with Gasteiger partial charge >= 0.3 is 6.09 Å². The molecule has 1 fully saturated rings. The summed E-state index contributed by atoms with van der Waals surface area (Å²) in [7, 11) is 0. The lowest BCUT2D eigenvalue weighted by atomic mass is 9.94. The number of halogens is 2. The van der Waals surface area contributed by atoms with Crippen molar-refractivity contribution in [3.63, 3.8) is 0 Å². The van der Waals surface area contributed by atoms with Crippen LogP contribution in [0.3, 0.4) is 0 Å². The second kappa shape index (κ2) is 6.40. The predicted molar refractivity (Wildman–Crippen MR) is 67.4 cm³/mol. The first-order valence-corrected chi connectivity index (χ1v) is 5.67. The molecule has 0 aliphatic carbocycles. The number of carbonyl (C=O) groups is 1. The molecule has 17 heavy (non-hydrogen) atoms. The van der Waals surface area contributed by atoms with E-state index < -0.39 is 17.4 Å². The average Bonchev–Trinajstić information content (AvgIpc) is 2.14. The Balaban J connectivity index is 0.00000256. The number of carbonyl (C=O) groups excluding carboxylic acids is 1. The van der Waals surface area contributed by atoms with E-state index in [1.807, 2.05) is 0 Å². The number of amides is 1. The first-order chi connectivity index (χ1) is 7.31. The van der Waals surface area contributed by atoms with Crippen LogP contribution in [0, 0.1) is 0 Å². The molecule has 0 saturated carbocycles. The SMILES string of the molecule is CC(C)(C)OC(=O)NCC1(F)CCNCC1.Cl. The van der Waals surface area contributed by atoms with E-state index in [1.165, 1.54) is 0 Å². The molecule has 1 rings (SSSR count). The van der Waals surface area contributed by atoms with Crippen molar-refractivity contribution in [2.75, 3.05) is 19.6 Å². The molecule has 1 saturated heterocycles. The third kappa shape index (κ3) is 6.68. The van der Waals surface area contributed by atoms with Gasteiger partial charge in [0.25, 0.3) is 0 Å². The van der Waals surface area contributed by atoms with Crippen LogP contribution in [-0.2, 0) is 4.74 Å². The number of ether oxygens (including phenoxy) is 1. The van der Waals surface area contributed by atoms with Gasteiger partial charge in [0, 0.05) is 0 Å². The second-order valence-corrected chi connectivity index (χ2v) is 5.26. The van der Waals surface area contributed by atoms with E-state index in [4.69, 9.17) is 4.74 Å². The van der Waals surface area contributed by atoms with E-state index in [-0.39, 0.29) is 19.0 Å². The van der Waals surface area contributed by atoms with Crippen molar-refractivity contribution in [1.29, 1.82) is 0 Å². The number of hydrogen-bond donors (Lipinski definition) is 2. The maximum Gasteiger partial charge on any atom is 0.407 e. The normalized spacial score (nSPS) is 19.1. The summed E-state index contributed by atoms with van der Waals surface area (Å²) < 4.78 is 19.1. The molecule has 2 N–H and O–H groups in total. The van der Waals surface area contributed by atoms with Gasteiger partial charge < -0.3 is 15.4 Å². The quantitative estimate of drug-likeness (QED) is 0.806. The van der Waals surface area contributed by atoms with Gasteiger partial charge in [0.2, 0.25) is 0 Å². The number of alkyl carbamates (subject to hydrolysis) is 1. The van der Waals surface area contributed by atoms with Crippen LogP contribution in [-0.4, -0.2) is 37.0 Å². The van der Waals surface area contributed by atoms with Gasteiger partial charge in [-0.25, -0.2) is 9.18 Å². The predicted octanol–water partition coefficient (Wildman–Crippen LogP) is 2.02. The standard InChI is InChI=1S/C11H21FN2O2.ClH/c1-10(2,3)16-9(15)14-8-11(12)4-6-13-7-5-11;/h13H,4-8H2,1-3H3,(H,14,15);1H. The molecule has 0 radical (unpaired) electrons. The van der Waals surface area contributed by atoms with E-state index in [0.29, 0.717) is 25.9 Å². The highest BCUT2D eigenvalue weighted by atomic mass is 35.5. The second-order valence-electron chi connectivity index (χ2n) is 5.26. The van der Waals surface area contributed by atoms with Crippen molar-refractivity contribution >= 4 is 18.5 Å². The average molecular weight is 269 g/mol. The van der Waals surface area contributed by atoms with E-state index in [2.05, 4.69) is 10.6 Å².